The molecule has 228 valence electrons. The molecule has 0 saturated heterocycles. The number of anilines is 2. The summed E-state index contributed by atoms with van der Waals surface area (Å²) in [5.74, 6) is -1.71. The highest BCUT2D eigenvalue weighted by molar-refractivity contribution is 6.16. The normalized spacial score (nSPS) is 14.9. The van der Waals surface area contributed by atoms with Crippen LogP contribution in [0.5, 0.6) is 28.9 Å². The molecule has 2 amide bonds. The fraction of sp³-hybridized carbons (Fsp3) is 0.290. The maximum atomic E-state index is 15.3. The van der Waals surface area contributed by atoms with E-state index in [2.05, 4.69) is 20.6 Å². The van der Waals surface area contributed by atoms with Crippen LogP contribution in [0.25, 0.3) is 10.9 Å². The van der Waals surface area contributed by atoms with Crippen LogP contribution in [0.2, 0.25) is 0 Å². The second-order valence-corrected chi connectivity index (χ2v) is 11.1. The fourth-order valence-corrected chi connectivity index (χ4v) is 4.60. The van der Waals surface area contributed by atoms with Crippen molar-refractivity contribution in [3.05, 3.63) is 66.5 Å². The maximum absolute atomic E-state index is 15.3. The number of rotatable bonds is 9. The molecule has 44 heavy (non-hydrogen) atoms. The Hall–Kier alpha value is -5.04. The first-order chi connectivity index (χ1) is 21.0. The molecule has 0 radical (unpaired) electrons. The molecule has 3 N–H and O–H groups in total. The van der Waals surface area contributed by atoms with E-state index in [1.165, 1.54) is 42.7 Å². The SMILES string of the molecule is CC(C)(O)COc1cc2ncnc(Oc3ccc(NC(=O)C4(C(=O)Nc5ccc(F)cc5)CC4)cc3F)c2c2c1OCCO2. The van der Waals surface area contributed by atoms with E-state index >= 15 is 4.39 Å². The Morgan fingerprint density at radius 2 is 1.59 bits per heavy atom. The molecule has 13 heteroatoms. The van der Waals surface area contributed by atoms with Crippen molar-refractivity contribution in [3.63, 3.8) is 0 Å². The molecule has 0 atom stereocenters. The first kappa shape index (κ1) is 29.1. The first-order valence-electron chi connectivity index (χ1n) is 13.8. The van der Waals surface area contributed by atoms with Crippen LogP contribution >= 0.6 is 0 Å². The number of carbonyl (C=O) groups is 2. The number of ether oxygens (including phenoxy) is 4. The minimum Gasteiger partial charge on any atom is -0.486 e. The lowest BCUT2D eigenvalue weighted by molar-refractivity contribution is -0.131. The number of amides is 2. The molecule has 11 nitrogen and oxygen atoms in total. The van der Waals surface area contributed by atoms with Crippen LogP contribution in [0.1, 0.15) is 26.7 Å². The Kier molecular flexibility index (Phi) is 7.41. The van der Waals surface area contributed by atoms with Crippen molar-refractivity contribution in [1.29, 1.82) is 0 Å². The molecule has 6 rings (SSSR count). The minimum absolute atomic E-state index is 0.00382. The molecule has 1 aliphatic carbocycles. The number of benzene rings is 3. The third kappa shape index (κ3) is 5.91. The number of hydrogen-bond donors (Lipinski definition) is 3. The lowest BCUT2D eigenvalue weighted by Crippen LogP contribution is -2.35. The fourth-order valence-electron chi connectivity index (χ4n) is 4.60. The standard InChI is InChI=1S/C31H28F2N4O7/c1-30(2,40)15-43-23-14-21-24(26-25(23)41-11-12-42-26)27(35-16-34-21)44-22-8-7-19(13-20(22)33)37-29(39)31(9-10-31)28(38)36-18-5-3-17(32)4-6-18/h3-8,13-14,16,40H,9-12,15H2,1-2H3,(H,36,38)(H,37,39). The lowest BCUT2D eigenvalue weighted by atomic mass is 10.0. The Morgan fingerprint density at radius 3 is 2.25 bits per heavy atom. The predicted molar refractivity (Wildman–Crippen MR) is 154 cm³/mol. The Balaban J connectivity index is 1.20. The molecule has 1 fully saturated rings. The van der Waals surface area contributed by atoms with Crippen molar-refractivity contribution in [2.45, 2.75) is 32.3 Å². The summed E-state index contributed by atoms with van der Waals surface area (Å²) in [6.45, 7) is 3.69. The molecule has 1 aromatic heterocycles. The van der Waals surface area contributed by atoms with Gasteiger partial charge in [0, 0.05) is 23.5 Å². The van der Waals surface area contributed by atoms with Gasteiger partial charge in [-0.25, -0.2) is 18.7 Å². The second kappa shape index (κ2) is 11.2. The molecule has 1 saturated carbocycles. The topological polar surface area (TPSA) is 141 Å². The smallest absolute Gasteiger partial charge is 0.240 e. The average Bonchev–Trinajstić information content (AvgIpc) is 3.81. The van der Waals surface area contributed by atoms with Gasteiger partial charge in [0.2, 0.25) is 23.4 Å². The van der Waals surface area contributed by atoms with Crippen LogP contribution in [-0.2, 0) is 9.59 Å². The quantitative estimate of drug-likeness (QED) is 0.225. The Labute approximate surface area is 250 Å². The highest BCUT2D eigenvalue weighted by Gasteiger charge is 2.56. The van der Waals surface area contributed by atoms with Gasteiger partial charge in [0.15, 0.2) is 23.1 Å². The third-order valence-electron chi connectivity index (χ3n) is 7.04. The second-order valence-electron chi connectivity index (χ2n) is 11.1. The molecule has 0 bridgehead atoms. The number of fused-ring (bicyclic) bond motifs is 3. The van der Waals surface area contributed by atoms with Gasteiger partial charge in [-0.05, 0) is 63.1 Å². The summed E-state index contributed by atoms with van der Waals surface area (Å²) in [7, 11) is 0. The van der Waals surface area contributed by atoms with Gasteiger partial charge in [-0.3, -0.25) is 9.59 Å². The summed E-state index contributed by atoms with van der Waals surface area (Å²) >= 11 is 0. The number of nitrogens with one attached hydrogen (secondary N) is 2. The van der Waals surface area contributed by atoms with Gasteiger partial charge in [0.05, 0.1) is 11.1 Å². The van der Waals surface area contributed by atoms with Crippen molar-refractivity contribution in [1.82, 2.24) is 9.97 Å². The van der Waals surface area contributed by atoms with E-state index in [4.69, 9.17) is 18.9 Å². The molecule has 0 spiro atoms. The highest BCUT2D eigenvalue weighted by atomic mass is 19.1. The third-order valence-corrected chi connectivity index (χ3v) is 7.04. The van der Waals surface area contributed by atoms with Gasteiger partial charge in [-0.2, -0.15) is 0 Å². The largest absolute Gasteiger partial charge is 0.486 e. The minimum atomic E-state index is -1.31. The maximum Gasteiger partial charge on any atom is 0.240 e. The zero-order valence-corrected chi connectivity index (χ0v) is 23.8. The zero-order chi connectivity index (χ0) is 31.1. The van der Waals surface area contributed by atoms with Crippen molar-refractivity contribution in [2.75, 3.05) is 30.5 Å². The molecule has 3 aromatic carbocycles. The van der Waals surface area contributed by atoms with Gasteiger partial charge in [-0.15, -0.1) is 0 Å². The van der Waals surface area contributed by atoms with Crippen LogP contribution in [0.4, 0.5) is 20.2 Å². The van der Waals surface area contributed by atoms with E-state index in [9.17, 15) is 19.1 Å². The lowest BCUT2D eigenvalue weighted by Gasteiger charge is -2.25. The van der Waals surface area contributed by atoms with E-state index in [1.807, 2.05) is 0 Å². The van der Waals surface area contributed by atoms with E-state index in [1.54, 1.807) is 19.9 Å². The van der Waals surface area contributed by atoms with Crippen molar-refractivity contribution in [3.8, 4) is 28.9 Å². The van der Waals surface area contributed by atoms with E-state index in [0.29, 0.717) is 35.2 Å². The molecular weight excluding hydrogens is 578 g/mol. The predicted octanol–water partition coefficient (Wildman–Crippen LogP) is 4.98. The molecule has 2 heterocycles. The van der Waals surface area contributed by atoms with E-state index in [-0.39, 0.29) is 48.6 Å². The first-order valence-corrected chi connectivity index (χ1v) is 13.8. The number of aromatic nitrogens is 2. The molecule has 2 aliphatic rings. The number of aliphatic hydroxyl groups is 1. The van der Waals surface area contributed by atoms with E-state index in [0.717, 1.165) is 6.07 Å². The number of carbonyl (C=O) groups excluding carboxylic acids is 2. The molecule has 1 aliphatic heterocycles. The van der Waals surface area contributed by atoms with Crippen LogP contribution in [0, 0.1) is 17.0 Å². The van der Waals surface area contributed by atoms with Crippen LogP contribution in [-0.4, -0.2) is 52.3 Å². The average molecular weight is 607 g/mol. The summed E-state index contributed by atoms with van der Waals surface area (Å²) in [6.07, 6.45) is 1.87. The summed E-state index contributed by atoms with van der Waals surface area (Å²) in [6, 6.07) is 10.6. The summed E-state index contributed by atoms with van der Waals surface area (Å²) < 4.78 is 51.7. The van der Waals surface area contributed by atoms with Crippen molar-refractivity contribution in [2.24, 2.45) is 5.41 Å². The Morgan fingerprint density at radius 1 is 0.932 bits per heavy atom. The highest BCUT2D eigenvalue weighted by Crippen LogP contribution is 2.49. The summed E-state index contributed by atoms with van der Waals surface area (Å²) in [5, 5.41) is 15.7. The van der Waals surface area contributed by atoms with Crippen LogP contribution in [0.15, 0.2) is 54.9 Å². The van der Waals surface area contributed by atoms with Gasteiger partial charge >= 0.3 is 0 Å². The van der Waals surface area contributed by atoms with Crippen molar-refractivity contribution < 1.29 is 42.4 Å². The Bertz CT molecular complexity index is 1760. The summed E-state index contributed by atoms with van der Waals surface area (Å²) in [4.78, 5) is 34.3. The molecule has 0 unspecified atom stereocenters. The van der Waals surface area contributed by atoms with Crippen LogP contribution in [0.3, 0.4) is 0 Å². The molecule has 4 aromatic rings. The number of hydrogen-bond acceptors (Lipinski definition) is 9. The van der Waals surface area contributed by atoms with Gasteiger partial charge in [0.25, 0.3) is 0 Å². The van der Waals surface area contributed by atoms with Gasteiger partial charge in [0.1, 0.15) is 42.8 Å². The van der Waals surface area contributed by atoms with Gasteiger partial charge in [-0.1, -0.05) is 0 Å². The zero-order valence-electron chi connectivity index (χ0n) is 23.8. The van der Waals surface area contributed by atoms with E-state index < -0.39 is 34.5 Å². The van der Waals surface area contributed by atoms with Crippen molar-refractivity contribution >= 4 is 34.1 Å². The number of halogens is 2. The van der Waals surface area contributed by atoms with Gasteiger partial charge < -0.3 is 34.7 Å². The monoisotopic (exact) mass is 606 g/mol. The number of nitrogens with zero attached hydrogens (tertiary/aromatic N) is 2. The molecular formula is C31H28F2N4O7. The summed E-state index contributed by atoms with van der Waals surface area (Å²) in [5.41, 5.74) is -1.55. The van der Waals surface area contributed by atoms with Crippen LogP contribution < -0.4 is 29.6 Å².